The van der Waals surface area contributed by atoms with Gasteiger partial charge in [0.25, 0.3) is 0 Å². The van der Waals surface area contributed by atoms with Gasteiger partial charge in [-0.1, -0.05) is 6.07 Å². The van der Waals surface area contributed by atoms with Gasteiger partial charge in [0.2, 0.25) is 21.8 Å². The van der Waals surface area contributed by atoms with E-state index in [4.69, 9.17) is 10.9 Å². The van der Waals surface area contributed by atoms with E-state index in [0.29, 0.717) is 12.2 Å². The summed E-state index contributed by atoms with van der Waals surface area (Å²) < 4.78 is 22.9. The molecule has 0 aromatic heterocycles. The minimum Gasteiger partial charge on any atom is -0.354 e. The van der Waals surface area contributed by atoms with Crippen molar-refractivity contribution in [3.05, 3.63) is 24.3 Å². The second-order valence-corrected chi connectivity index (χ2v) is 8.22. The summed E-state index contributed by atoms with van der Waals surface area (Å²) in [6.07, 6.45) is 0.0659. The summed E-state index contributed by atoms with van der Waals surface area (Å²) in [5.41, 5.74) is 5.69. The van der Waals surface area contributed by atoms with Crippen LogP contribution in [0, 0.1) is 5.92 Å². The number of nitrogens with two attached hydrogens (primary N) is 2. The van der Waals surface area contributed by atoms with Gasteiger partial charge in [-0.15, -0.1) is 0 Å². The predicted octanol–water partition coefficient (Wildman–Crippen LogP) is -0.460. The van der Waals surface area contributed by atoms with Gasteiger partial charge < -0.3 is 16.0 Å². The van der Waals surface area contributed by atoms with E-state index in [0.717, 1.165) is 0 Å². The second-order valence-electron chi connectivity index (χ2n) is 6.65. The Balaban J connectivity index is 2.12. The van der Waals surface area contributed by atoms with Crippen molar-refractivity contribution in [3.63, 3.8) is 0 Å². The van der Waals surface area contributed by atoms with Crippen molar-refractivity contribution in [2.45, 2.75) is 30.7 Å². The van der Waals surface area contributed by atoms with E-state index in [1.807, 2.05) is 0 Å². The van der Waals surface area contributed by atoms with E-state index in [1.54, 1.807) is 19.9 Å². The van der Waals surface area contributed by atoms with Crippen molar-refractivity contribution in [2.24, 2.45) is 16.8 Å². The lowest BCUT2D eigenvalue weighted by Crippen LogP contribution is -2.46. The van der Waals surface area contributed by atoms with E-state index in [9.17, 15) is 18.0 Å². The lowest BCUT2D eigenvalue weighted by Gasteiger charge is -2.21. The van der Waals surface area contributed by atoms with Gasteiger partial charge in [-0.3, -0.25) is 9.59 Å². The molecule has 2 rings (SSSR count). The number of amides is 2. The summed E-state index contributed by atoms with van der Waals surface area (Å²) in [7, 11) is -3.86. The Hall–Kier alpha value is -1.97. The maximum absolute atomic E-state index is 12.2. The smallest absolute Gasteiger partial charge is 0.238 e. The zero-order valence-corrected chi connectivity index (χ0v) is 14.5. The Labute approximate surface area is 141 Å². The van der Waals surface area contributed by atoms with Crippen molar-refractivity contribution in [3.8, 4) is 0 Å². The molecule has 5 N–H and O–H groups in total. The molecule has 1 atom stereocenters. The number of benzene rings is 1. The molecule has 0 spiro atoms. The monoisotopic (exact) mass is 354 g/mol. The highest BCUT2D eigenvalue weighted by Gasteiger charge is 2.35. The largest absolute Gasteiger partial charge is 0.354 e. The van der Waals surface area contributed by atoms with Crippen LogP contribution in [-0.4, -0.2) is 38.9 Å². The highest BCUT2D eigenvalue weighted by Crippen LogP contribution is 2.26. The van der Waals surface area contributed by atoms with Crippen LogP contribution in [0.5, 0.6) is 0 Å². The van der Waals surface area contributed by atoms with E-state index in [2.05, 4.69) is 5.32 Å². The van der Waals surface area contributed by atoms with Gasteiger partial charge in [0.05, 0.1) is 10.8 Å². The highest BCUT2D eigenvalue weighted by atomic mass is 32.2. The fourth-order valence-electron chi connectivity index (χ4n) is 2.42. The van der Waals surface area contributed by atoms with Crippen molar-refractivity contribution < 1.29 is 18.0 Å². The number of hydrogen-bond acceptors (Lipinski definition) is 5. The number of hydrogen-bond donors (Lipinski definition) is 3. The second kappa shape index (κ2) is 6.50. The molecular formula is C15H22N4O4S. The Bertz CT molecular complexity index is 755. The number of carbonyl (C=O) groups is 2. The zero-order chi connectivity index (χ0) is 18.1. The molecule has 1 unspecified atom stereocenters. The molecule has 8 nitrogen and oxygen atoms in total. The third kappa shape index (κ3) is 4.53. The van der Waals surface area contributed by atoms with Gasteiger partial charge >= 0.3 is 0 Å². The average molecular weight is 354 g/mol. The van der Waals surface area contributed by atoms with Crippen molar-refractivity contribution in [1.82, 2.24) is 5.32 Å². The van der Waals surface area contributed by atoms with Gasteiger partial charge in [0, 0.05) is 30.7 Å². The minimum atomic E-state index is -3.86. The molecule has 132 valence electrons. The first-order valence-electron chi connectivity index (χ1n) is 7.47. The molecule has 1 heterocycles. The quantitative estimate of drug-likeness (QED) is 0.657. The van der Waals surface area contributed by atoms with Crippen LogP contribution in [0.25, 0.3) is 0 Å². The standard InChI is InChI=1S/C15H22N4O4S/c1-15(2,16)9-18-14(21)10-6-13(20)19(8-10)11-4-3-5-12(7-11)24(17,22)23/h3-5,7,10H,6,8-9,16H2,1-2H3,(H,18,21)(H2,17,22,23). The SMILES string of the molecule is CC(C)(N)CNC(=O)C1CC(=O)N(c2cccc(S(N)(=O)=O)c2)C1. The van der Waals surface area contributed by atoms with Crippen molar-refractivity contribution in [1.29, 1.82) is 0 Å². The Kier molecular flexibility index (Phi) is 4.97. The molecule has 1 saturated heterocycles. The molecule has 1 aliphatic rings. The third-order valence-corrected chi connectivity index (χ3v) is 4.58. The van der Waals surface area contributed by atoms with E-state index in [1.165, 1.54) is 23.1 Å². The number of primary sulfonamides is 1. The van der Waals surface area contributed by atoms with Crippen LogP contribution in [0.15, 0.2) is 29.2 Å². The van der Waals surface area contributed by atoms with Crippen molar-refractivity contribution >= 4 is 27.5 Å². The van der Waals surface area contributed by atoms with Crippen LogP contribution in [0.3, 0.4) is 0 Å². The lowest BCUT2D eigenvalue weighted by molar-refractivity contribution is -0.126. The van der Waals surface area contributed by atoms with Crippen LogP contribution < -0.4 is 21.1 Å². The van der Waals surface area contributed by atoms with Crippen molar-refractivity contribution in [2.75, 3.05) is 18.0 Å². The zero-order valence-electron chi connectivity index (χ0n) is 13.7. The Morgan fingerprint density at radius 3 is 2.67 bits per heavy atom. The maximum atomic E-state index is 12.2. The van der Waals surface area contributed by atoms with Crippen LogP contribution in [0.1, 0.15) is 20.3 Å². The molecule has 1 fully saturated rings. The normalized spacial score (nSPS) is 18.8. The minimum absolute atomic E-state index is 0.0659. The lowest BCUT2D eigenvalue weighted by atomic mass is 10.1. The number of sulfonamides is 1. The summed E-state index contributed by atoms with van der Waals surface area (Å²) in [6, 6.07) is 5.80. The van der Waals surface area contributed by atoms with Gasteiger partial charge in [0.1, 0.15) is 0 Å². The number of nitrogens with zero attached hydrogens (tertiary/aromatic N) is 1. The fourth-order valence-corrected chi connectivity index (χ4v) is 2.97. The van der Waals surface area contributed by atoms with Gasteiger partial charge in [-0.25, -0.2) is 13.6 Å². The van der Waals surface area contributed by atoms with Crippen LogP contribution >= 0.6 is 0 Å². The molecule has 0 aliphatic carbocycles. The van der Waals surface area contributed by atoms with Crippen LogP contribution in [0.2, 0.25) is 0 Å². The van der Waals surface area contributed by atoms with Gasteiger partial charge in [0.15, 0.2) is 0 Å². The summed E-state index contributed by atoms with van der Waals surface area (Å²) in [6.45, 7) is 4.07. The molecule has 1 aromatic carbocycles. The first-order valence-corrected chi connectivity index (χ1v) is 9.02. The molecule has 1 aliphatic heterocycles. The number of nitrogens with one attached hydrogen (secondary N) is 1. The number of rotatable bonds is 5. The summed E-state index contributed by atoms with van der Waals surface area (Å²) in [5.74, 6) is -0.987. The number of carbonyl (C=O) groups excluding carboxylic acids is 2. The van der Waals surface area contributed by atoms with Gasteiger partial charge in [-0.05, 0) is 32.0 Å². The summed E-state index contributed by atoms with van der Waals surface area (Å²) in [4.78, 5) is 25.7. The van der Waals surface area contributed by atoms with Crippen LogP contribution in [-0.2, 0) is 19.6 Å². The average Bonchev–Trinajstić information content (AvgIpc) is 2.85. The number of anilines is 1. The van der Waals surface area contributed by atoms with E-state index in [-0.39, 0.29) is 29.7 Å². The van der Waals surface area contributed by atoms with Gasteiger partial charge in [-0.2, -0.15) is 0 Å². The fraction of sp³-hybridized carbons (Fsp3) is 0.467. The first-order chi connectivity index (χ1) is 11.0. The molecule has 0 saturated carbocycles. The molecule has 1 aromatic rings. The molecule has 24 heavy (non-hydrogen) atoms. The molecular weight excluding hydrogens is 332 g/mol. The topological polar surface area (TPSA) is 136 Å². The first kappa shape index (κ1) is 18.4. The molecule has 2 amide bonds. The Morgan fingerprint density at radius 2 is 2.08 bits per heavy atom. The summed E-state index contributed by atoms with van der Waals surface area (Å²) in [5, 5.41) is 7.84. The van der Waals surface area contributed by atoms with E-state index < -0.39 is 21.5 Å². The highest BCUT2D eigenvalue weighted by molar-refractivity contribution is 7.89. The molecule has 9 heteroatoms. The molecule has 0 bridgehead atoms. The summed E-state index contributed by atoms with van der Waals surface area (Å²) >= 11 is 0. The third-order valence-electron chi connectivity index (χ3n) is 3.67. The maximum Gasteiger partial charge on any atom is 0.238 e. The molecule has 0 radical (unpaired) electrons. The Morgan fingerprint density at radius 1 is 1.42 bits per heavy atom. The predicted molar refractivity (Wildman–Crippen MR) is 89.6 cm³/mol. The van der Waals surface area contributed by atoms with E-state index >= 15 is 0 Å². The van der Waals surface area contributed by atoms with Crippen LogP contribution in [0.4, 0.5) is 5.69 Å².